The fraction of sp³-hybridized carbons (Fsp3) is 0.643. The first-order valence-electron chi connectivity index (χ1n) is 7.10. The third-order valence-corrected chi connectivity index (χ3v) is 3.12. The van der Waals surface area contributed by atoms with E-state index in [9.17, 15) is 14.4 Å². The van der Waals surface area contributed by atoms with Crippen molar-refractivity contribution in [2.24, 2.45) is 5.92 Å². The van der Waals surface area contributed by atoms with Gasteiger partial charge >= 0.3 is 18.0 Å². The minimum absolute atomic E-state index is 0.105. The second kappa shape index (κ2) is 8.28. The first-order chi connectivity index (χ1) is 9.97. The number of carboxylic acid groups (broad SMARTS) is 1. The molecule has 2 atom stereocenters. The number of nitrogens with one attached hydrogen (secondary N) is 1. The number of esters is 1. The van der Waals surface area contributed by atoms with Crippen LogP contribution in [0.4, 0.5) is 4.79 Å². The van der Waals surface area contributed by atoms with Crippen LogP contribution in [0.25, 0.3) is 0 Å². The molecule has 1 aliphatic carbocycles. The van der Waals surface area contributed by atoms with Crippen LogP contribution in [-0.4, -0.2) is 53.7 Å². The van der Waals surface area contributed by atoms with Gasteiger partial charge in [0.1, 0.15) is 6.54 Å². The lowest BCUT2D eigenvalue weighted by Gasteiger charge is -2.23. The number of carboxylic acids is 1. The predicted octanol–water partition coefficient (Wildman–Crippen LogP) is 1.00. The molecular weight excluding hydrogens is 276 g/mol. The molecule has 0 saturated heterocycles. The summed E-state index contributed by atoms with van der Waals surface area (Å²) in [7, 11) is 0. The normalized spacial score (nSPS) is 20.1. The molecule has 2 amide bonds. The number of ether oxygens (including phenoxy) is 1. The van der Waals surface area contributed by atoms with E-state index in [2.05, 4.69) is 5.32 Å². The lowest BCUT2D eigenvalue weighted by molar-refractivity contribution is -0.143. The van der Waals surface area contributed by atoms with Gasteiger partial charge in [-0.05, 0) is 19.8 Å². The van der Waals surface area contributed by atoms with E-state index >= 15 is 0 Å². The van der Waals surface area contributed by atoms with Crippen LogP contribution < -0.4 is 5.32 Å². The monoisotopic (exact) mass is 298 g/mol. The highest BCUT2D eigenvalue weighted by Crippen LogP contribution is 2.18. The van der Waals surface area contributed by atoms with Crippen molar-refractivity contribution in [2.45, 2.75) is 32.7 Å². The molecule has 0 heterocycles. The minimum Gasteiger partial charge on any atom is -0.481 e. The molecule has 0 aliphatic heterocycles. The second-order valence-electron chi connectivity index (χ2n) is 4.85. The van der Waals surface area contributed by atoms with Gasteiger partial charge in [0.15, 0.2) is 0 Å². The molecule has 0 spiro atoms. The fourth-order valence-corrected chi connectivity index (χ4v) is 2.12. The highest BCUT2D eigenvalue weighted by molar-refractivity contribution is 5.81. The van der Waals surface area contributed by atoms with E-state index in [0.29, 0.717) is 19.4 Å². The fourth-order valence-electron chi connectivity index (χ4n) is 2.12. The van der Waals surface area contributed by atoms with Crippen molar-refractivity contribution < 1.29 is 24.2 Å². The van der Waals surface area contributed by atoms with Gasteiger partial charge in [0.25, 0.3) is 0 Å². The Morgan fingerprint density at radius 2 is 2.05 bits per heavy atom. The number of aliphatic carboxylic acids is 1. The molecule has 0 saturated carbocycles. The zero-order valence-corrected chi connectivity index (χ0v) is 12.4. The number of hydrogen-bond acceptors (Lipinski definition) is 4. The lowest BCUT2D eigenvalue weighted by atomic mass is 10.1. The van der Waals surface area contributed by atoms with Crippen LogP contribution >= 0.6 is 0 Å². The summed E-state index contributed by atoms with van der Waals surface area (Å²) in [6.45, 7) is 4.21. The third kappa shape index (κ3) is 5.45. The number of urea groups is 1. The summed E-state index contributed by atoms with van der Waals surface area (Å²) < 4.78 is 4.84. The Labute approximate surface area is 123 Å². The van der Waals surface area contributed by atoms with Crippen molar-refractivity contribution >= 4 is 18.0 Å². The van der Waals surface area contributed by atoms with Gasteiger partial charge in [-0.15, -0.1) is 0 Å². The molecular formula is C14H22N2O5. The van der Waals surface area contributed by atoms with Crippen molar-refractivity contribution in [3.05, 3.63) is 12.2 Å². The van der Waals surface area contributed by atoms with Crippen molar-refractivity contribution in [3.63, 3.8) is 0 Å². The van der Waals surface area contributed by atoms with Gasteiger partial charge < -0.3 is 20.1 Å². The van der Waals surface area contributed by atoms with Gasteiger partial charge in [0.05, 0.1) is 18.6 Å². The Morgan fingerprint density at radius 1 is 1.33 bits per heavy atom. The van der Waals surface area contributed by atoms with Crippen LogP contribution in [0.3, 0.4) is 0 Å². The number of carbonyl (C=O) groups excluding carboxylic acids is 2. The maximum absolute atomic E-state index is 12.1. The molecule has 2 unspecified atom stereocenters. The zero-order chi connectivity index (χ0) is 15.8. The highest BCUT2D eigenvalue weighted by Gasteiger charge is 2.27. The maximum atomic E-state index is 12.1. The van der Waals surface area contributed by atoms with Crippen LogP contribution in [-0.2, 0) is 14.3 Å². The third-order valence-electron chi connectivity index (χ3n) is 3.12. The van der Waals surface area contributed by atoms with Crippen LogP contribution in [0.1, 0.15) is 26.7 Å². The average Bonchev–Trinajstić information content (AvgIpc) is 2.87. The standard InChI is InChI=1S/C14H22N2O5/c1-3-7-16(9-12(17)21-4-2)14(20)15-11-6-5-10(8-11)13(18)19/h5-6,10-11H,3-4,7-9H2,1-2H3,(H,15,20)(H,18,19). The summed E-state index contributed by atoms with van der Waals surface area (Å²) in [4.78, 5) is 35.8. The summed E-state index contributed by atoms with van der Waals surface area (Å²) >= 11 is 0. The molecule has 21 heavy (non-hydrogen) atoms. The van der Waals surface area contributed by atoms with Gasteiger partial charge in [0.2, 0.25) is 0 Å². The van der Waals surface area contributed by atoms with Crippen LogP contribution in [0, 0.1) is 5.92 Å². The van der Waals surface area contributed by atoms with E-state index in [0.717, 1.165) is 0 Å². The zero-order valence-electron chi connectivity index (χ0n) is 12.4. The molecule has 1 rings (SSSR count). The molecule has 0 aromatic rings. The van der Waals surface area contributed by atoms with Crippen molar-refractivity contribution in [1.82, 2.24) is 10.2 Å². The highest BCUT2D eigenvalue weighted by atomic mass is 16.5. The molecule has 7 heteroatoms. The average molecular weight is 298 g/mol. The smallest absolute Gasteiger partial charge is 0.325 e. The summed E-state index contributed by atoms with van der Waals surface area (Å²) in [5.41, 5.74) is 0. The van der Waals surface area contributed by atoms with E-state index in [1.165, 1.54) is 4.90 Å². The van der Waals surface area contributed by atoms with Crippen molar-refractivity contribution in [2.75, 3.05) is 19.7 Å². The molecule has 7 nitrogen and oxygen atoms in total. The van der Waals surface area contributed by atoms with Gasteiger partial charge in [0, 0.05) is 6.54 Å². The molecule has 1 aliphatic rings. The predicted molar refractivity (Wildman–Crippen MR) is 75.7 cm³/mol. The SMILES string of the molecule is CCCN(CC(=O)OCC)C(=O)NC1C=CC(C(=O)O)C1. The molecule has 0 aromatic carbocycles. The maximum Gasteiger partial charge on any atom is 0.325 e. The summed E-state index contributed by atoms with van der Waals surface area (Å²) in [5, 5.41) is 11.6. The second-order valence-corrected chi connectivity index (χ2v) is 4.85. The number of amides is 2. The number of rotatable bonds is 7. The number of carbonyl (C=O) groups is 3. The van der Waals surface area contributed by atoms with E-state index < -0.39 is 17.9 Å². The summed E-state index contributed by atoms with van der Waals surface area (Å²) in [5.74, 6) is -1.92. The summed E-state index contributed by atoms with van der Waals surface area (Å²) in [6.07, 6.45) is 4.29. The Hall–Kier alpha value is -2.05. The van der Waals surface area contributed by atoms with Crippen LogP contribution in [0.15, 0.2) is 12.2 Å². The lowest BCUT2D eigenvalue weighted by Crippen LogP contribution is -2.46. The summed E-state index contributed by atoms with van der Waals surface area (Å²) in [6, 6.07) is -0.703. The van der Waals surface area contributed by atoms with Crippen LogP contribution in [0.5, 0.6) is 0 Å². The van der Waals surface area contributed by atoms with Gasteiger partial charge in [-0.1, -0.05) is 19.1 Å². The quantitative estimate of drug-likeness (QED) is 0.540. The van der Waals surface area contributed by atoms with Gasteiger partial charge in [-0.2, -0.15) is 0 Å². The molecule has 118 valence electrons. The Balaban J connectivity index is 2.52. The number of nitrogens with zero attached hydrogens (tertiary/aromatic N) is 1. The number of hydrogen-bond donors (Lipinski definition) is 2. The first kappa shape index (κ1) is 17.0. The molecule has 0 fully saturated rings. The minimum atomic E-state index is -0.903. The van der Waals surface area contributed by atoms with E-state index in [1.54, 1.807) is 19.1 Å². The van der Waals surface area contributed by atoms with Crippen LogP contribution in [0.2, 0.25) is 0 Å². The largest absolute Gasteiger partial charge is 0.481 e. The Morgan fingerprint density at radius 3 is 2.57 bits per heavy atom. The van der Waals surface area contributed by atoms with E-state index in [1.807, 2.05) is 6.92 Å². The topological polar surface area (TPSA) is 95.9 Å². The Kier molecular flexibility index (Phi) is 6.71. The molecule has 0 aromatic heterocycles. The Bertz CT molecular complexity index is 422. The molecule has 2 N–H and O–H groups in total. The van der Waals surface area contributed by atoms with Gasteiger partial charge in [-0.3, -0.25) is 9.59 Å². The molecule has 0 bridgehead atoms. The van der Waals surface area contributed by atoms with E-state index in [4.69, 9.17) is 9.84 Å². The van der Waals surface area contributed by atoms with E-state index in [-0.39, 0.29) is 25.2 Å². The van der Waals surface area contributed by atoms with Gasteiger partial charge in [-0.25, -0.2) is 4.79 Å². The first-order valence-corrected chi connectivity index (χ1v) is 7.10. The van der Waals surface area contributed by atoms with Crippen molar-refractivity contribution in [1.29, 1.82) is 0 Å². The molecule has 0 radical (unpaired) electrons. The van der Waals surface area contributed by atoms with Crippen molar-refractivity contribution in [3.8, 4) is 0 Å².